The number of hydrogen-bond donors (Lipinski definition) is 1. The van der Waals surface area contributed by atoms with Gasteiger partial charge in [0.1, 0.15) is 0 Å². The molecule has 5 nitrogen and oxygen atoms in total. The summed E-state index contributed by atoms with van der Waals surface area (Å²) in [5.74, 6) is 0. The Kier molecular flexibility index (Phi) is 5.78. The van der Waals surface area contributed by atoms with Crippen LogP contribution in [-0.4, -0.2) is 42.8 Å². The molecule has 1 saturated heterocycles. The van der Waals surface area contributed by atoms with E-state index in [2.05, 4.69) is 11.4 Å². The number of piperidine rings is 1. The fraction of sp³-hybridized carbons (Fsp3) is 0.833. The number of carbonyl (C=O) groups excluding carboxylic acids is 1. The summed E-state index contributed by atoms with van der Waals surface area (Å²) in [6.45, 7) is 5.72. The second kappa shape index (κ2) is 7.13. The van der Waals surface area contributed by atoms with Gasteiger partial charge in [-0.05, 0) is 26.7 Å². The monoisotopic (exact) mass is 239 g/mol. The van der Waals surface area contributed by atoms with E-state index in [1.807, 2.05) is 13.8 Å². The number of nitrogens with one attached hydrogen (secondary N) is 1. The maximum atomic E-state index is 11.5. The van der Waals surface area contributed by atoms with Crippen LogP contribution >= 0.6 is 0 Å². The summed E-state index contributed by atoms with van der Waals surface area (Å²) in [6, 6.07) is 2.78. The molecule has 0 saturated carbocycles. The Labute approximate surface area is 103 Å². The van der Waals surface area contributed by atoms with Crippen molar-refractivity contribution in [2.45, 2.75) is 45.2 Å². The highest BCUT2D eigenvalue weighted by Crippen LogP contribution is 2.12. The normalized spacial score (nSPS) is 18.5. The lowest BCUT2D eigenvalue weighted by Crippen LogP contribution is -2.47. The zero-order chi connectivity index (χ0) is 12.7. The minimum Gasteiger partial charge on any atom is -0.450 e. The van der Waals surface area contributed by atoms with Crippen molar-refractivity contribution in [2.24, 2.45) is 0 Å². The van der Waals surface area contributed by atoms with Gasteiger partial charge in [0.2, 0.25) is 0 Å². The highest BCUT2D eigenvalue weighted by molar-refractivity contribution is 5.67. The van der Waals surface area contributed by atoms with Crippen LogP contribution in [0.25, 0.3) is 0 Å². The van der Waals surface area contributed by atoms with Crippen LogP contribution in [0, 0.1) is 11.3 Å². The third-order valence-electron chi connectivity index (χ3n) is 2.94. The molecule has 0 bridgehead atoms. The SMILES string of the molecule is CCOC(=O)N1CCC(NC(C)CC#N)CC1. The van der Waals surface area contributed by atoms with Gasteiger partial charge in [0.05, 0.1) is 19.1 Å². The van der Waals surface area contributed by atoms with E-state index in [1.165, 1.54) is 0 Å². The van der Waals surface area contributed by atoms with Crippen molar-refractivity contribution in [3.63, 3.8) is 0 Å². The number of rotatable bonds is 4. The Balaban J connectivity index is 2.26. The maximum Gasteiger partial charge on any atom is 0.409 e. The Morgan fingerprint density at radius 1 is 1.59 bits per heavy atom. The highest BCUT2D eigenvalue weighted by atomic mass is 16.6. The van der Waals surface area contributed by atoms with Crippen LogP contribution in [0.1, 0.15) is 33.1 Å². The highest BCUT2D eigenvalue weighted by Gasteiger charge is 2.23. The summed E-state index contributed by atoms with van der Waals surface area (Å²) < 4.78 is 4.96. The average molecular weight is 239 g/mol. The first kappa shape index (κ1) is 13.8. The molecule has 0 radical (unpaired) electrons. The third-order valence-corrected chi connectivity index (χ3v) is 2.94. The lowest BCUT2D eigenvalue weighted by atomic mass is 10.0. The molecule has 0 spiro atoms. The van der Waals surface area contributed by atoms with Crippen molar-refractivity contribution in [2.75, 3.05) is 19.7 Å². The lowest BCUT2D eigenvalue weighted by Gasteiger charge is -2.32. The zero-order valence-electron chi connectivity index (χ0n) is 10.6. The molecule has 1 fully saturated rings. The van der Waals surface area contributed by atoms with E-state index in [0.717, 1.165) is 25.9 Å². The summed E-state index contributed by atoms with van der Waals surface area (Å²) in [7, 11) is 0. The van der Waals surface area contributed by atoms with Crippen molar-refractivity contribution >= 4 is 6.09 Å². The first-order chi connectivity index (χ1) is 8.17. The van der Waals surface area contributed by atoms with E-state index in [-0.39, 0.29) is 12.1 Å². The predicted molar refractivity (Wildman–Crippen MR) is 64.4 cm³/mol. The van der Waals surface area contributed by atoms with Gasteiger partial charge in [-0.2, -0.15) is 5.26 Å². The largest absolute Gasteiger partial charge is 0.450 e. The molecule has 0 aromatic rings. The molecular formula is C12H21N3O2. The van der Waals surface area contributed by atoms with Gasteiger partial charge >= 0.3 is 6.09 Å². The van der Waals surface area contributed by atoms with Crippen LogP contribution in [-0.2, 0) is 4.74 Å². The second-order valence-corrected chi connectivity index (χ2v) is 4.39. The Morgan fingerprint density at radius 2 is 2.24 bits per heavy atom. The number of ether oxygens (including phenoxy) is 1. The zero-order valence-corrected chi connectivity index (χ0v) is 10.6. The van der Waals surface area contributed by atoms with Crippen molar-refractivity contribution in [3.05, 3.63) is 0 Å². The minimum atomic E-state index is -0.212. The Morgan fingerprint density at radius 3 is 2.76 bits per heavy atom. The van der Waals surface area contributed by atoms with Gasteiger partial charge in [-0.15, -0.1) is 0 Å². The molecule has 17 heavy (non-hydrogen) atoms. The van der Waals surface area contributed by atoms with Crippen molar-refractivity contribution < 1.29 is 9.53 Å². The minimum absolute atomic E-state index is 0.212. The van der Waals surface area contributed by atoms with Gasteiger partial charge in [0, 0.05) is 25.2 Å². The third kappa shape index (κ3) is 4.61. The van der Waals surface area contributed by atoms with Crippen LogP contribution < -0.4 is 5.32 Å². The molecule has 1 N–H and O–H groups in total. The molecule has 0 aliphatic carbocycles. The molecule has 0 aromatic carbocycles. The van der Waals surface area contributed by atoms with Gasteiger partial charge < -0.3 is 15.0 Å². The van der Waals surface area contributed by atoms with Gasteiger partial charge in [-0.3, -0.25) is 0 Å². The van der Waals surface area contributed by atoms with Gasteiger partial charge in [-0.25, -0.2) is 4.79 Å². The predicted octanol–water partition coefficient (Wildman–Crippen LogP) is 1.50. The van der Waals surface area contributed by atoms with E-state index < -0.39 is 0 Å². The van der Waals surface area contributed by atoms with Gasteiger partial charge in [0.25, 0.3) is 0 Å². The van der Waals surface area contributed by atoms with Crippen LogP contribution in [0.4, 0.5) is 4.79 Å². The van der Waals surface area contributed by atoms with Crippen LogP contribution in [0.3, 0.4) is 0 Å². The molecule has 96 valence electrons. The number of amides is 1. The smallest absolute Gasteiger partial charge is 0.409 e. The van der Waals surface area contributed by atoms with Crippen molar-refractivity contribution in [3.8, 4) is 6.07 Å². The lowest BCUT2D eigenvalue weighted by molar-refractivity contribution is 0.0944. The summed E-state index contributed by atoms with van der Waals surface area (Å²) in [4.78, 5) is 13.2. The van der Waals surface area contributed by atoms with Gasteiger partial charge in [0.15, 0.2) is 0 Å². The average Bonchev–Trinajstić information content (AvgIpc) is 2.30. The molecule has 1 unspecified atom stereocenters. The summed E-state index contributed by atoms with van der Waals surface area (Å²) >= 11 is 0. The summed E-state index contributed by atoms with van der Waals surface area (Å²) in [6.07, 6.45) is 2.16. The summed E-state index contributed by atoms with van der Waals surface area (Å²) in [5.41, 5.74) is 0. The number of hydrogen-bond acceptors (Lipinski definition) is 4. The Bertz CT molecular complexity index is 280. The number of carbonyl (C=O) groups is 1. The van der Waals surface area contributed by atoms with E-state index in [0.29, 0.717) is 19.1 Å². The van der Waals surface area contributed by atoms with Crippen LogP contribution in [0.2, 0.25) is 0 Å². The van der Waals surface area contributed by atoms with Crippen molar-refractivity contribution in [1.82, 2.24) is 10.2 Å². The molecular weight excluding hydrogens is 218 g/mol. The molecule has 1 heterocycles. The molecule has 1 amide bonds. The maximum absolute atomic E-state index is 11.5. The molecule has 0 aromatic heterocycles. The van der Waals surface area contributed by atoms with E-state index >= 15 is 0 Å². The molecule has 5 heteroatoms. The second-order valence-electron chi connectivity index (χ2n) is 4.39. The van der Waals surface area contributed by atoms with Crippen LogP contribution in [0.5, 0.6) is 0 Å². The number of nitrogens with zero attached hydrogens (tertiary/aromatic N) is 2. The van der Waals surface area contributed by atoms with E-state index in [4.69, 9.17) is 10.00 Å². The molecule has 1 aliphatic rings. The fourth-order valence-electron chi connectivity index (χ4n) is 2.04. The number of nitriles is 1. The topological polar surface area (TPSA) is 65.4 Å². The van der Waals surface area contributed by atoms with Gasteiger partial charge in [-0.1, -0.05) is 0 Å². The first-order valence-corrected chi connectivity index (χ1v) is 6.22. The van der Waals surface area contributed by atoms with E-state index in [1.54, 1.807) is 4.90 Å². The molecule has 1 rings (SSSR count). The van der Waals surface area contributed by atoms with E-state index in [9.17, 15) is 4.79 Å². The standard InChI is InChI=1S/C12H21N3O2/c1-3-17-12(16)15-8-5-11(6-9-15)14-10(2)4-7-13/h10-11,14H,3-6,8-9H2,1-2H3. The molecule has 1 atom stereocenters. The first-order valence-electron chi connectivity index (χ1n) is 6.22. The number of likely N-dealkylation sites (tertiary alicyclic amines) is 1. The van der Waals surface area contributed by atoms with Crippen molar-refractivity contribution in [1.29, 1.82) is 5.26 Å². The summed E-state index contributed by atoms with van der Waals surface area (Å²) in [5, 5.41) is 12.0. The molecule has 1 aliphatic heterocycles. The van der Waals surface area contributed by atoms with Crippen LogP contribution in [0.15, 0.2) is 0 Å². The quantitative estimate of drug-likeness (QED) is 0.807. The fourth-order valence-corrected chi connectivity index (χ4v) is 2.04. The Hall–Kier alpha value is -1.28.